The molecule has 0 atom stereocenters. The molecule has 1 saturated heterocycles. The molecule has 2 aliphatic rings. The smallest absolute Gasteiger partial charge is 0.388 e. The van der Waals surface area contributed by atoms with Crippen molar-refractivity contribution in [2.75, 3.05) is 32.0 Å². The average molecular weight is 489 g/mol. The van der Waals surface area contributed by atoms with E-state index >= 15 is 0 Å². The van der Waals surface area contributed by atoms with Gasteiger partial charge in [-0.1, -0.05) is 30.3 Å². The van der Waals surface area contributed by atoms with Gasteiger partial charge in [-0.15, -0.1) is 0 Å². The SMILES string of the molecule is CNc1cc(C(=O)NCC(=O)NC2CN(C3CCC(c4ccccc4)CC3)C2)cc(C(F)(F)F)c1. The third kappa shape index (κ3) is 6.33. The van der Waals surface area contributed by atoms with Crippen LogP contribution in [0.25, 0.3) is 0 Å². The summed E-state index contributed by atoms with van der Waals surface area (Å²) in [6.07, 6.45) is 0.0397. The minimum Gasteiger partial charge on any atom is -0.388 e. The number of rotatable bonds is 7. The van der Waals surface area contributed by atoms with Gasteiger partial charge in [0, 0.05) is 37.4 Å². The quantitative estimate of drug-likeness (QED) is 0.551. The van der Waals surface area contributed by atoms with E-state index in [9.17, 15) is 22.8 Å². The van der Waals surface area contributed by atoms with E-state index in [1.54, 1.807) is 0 Å². The summed E-state index contributed by atoms with van der Waals surface area (Å²) in [5.41, 5.74) is 0.500. The number of anilines is 1. The van der Waals surface area contributed by atoms with E-state index in [1.165, 1.54) is 31.5 Å². The molecule has 1 heterocycles. The lowest BCUT2D eigenvalue weighted by Crippen LogP contribution is -2.63. The molecule has 1 aliphatic heterocycles. The van der Waals surface area contributed by atoms with Crippen molar-refractivity contribution in [3.63, 3.8) is 0 Å². The van der Waals surface area contributed by atoms with Gasteiger partial charge >= 0.3 is 6.18 Å². The van der Waals surface area contributed by atoms with Crippen LogP contribution in [0.1, 0.15) is 53.1 Å². The van der Waals surface area contributed by atoms with E-state index in [4.69, 9.17) is 0 Å². The molecule has 0 unspecified atom stereocenters. The zero-order chi connectivity index (χ0) is 25.0. The first-order valence-corrected chi connectivity index (χ1v) is 12.0. The van der Waals surface area contributed by atoms with Crippen molar-refractivity contribution in [1.29, 1.82) is 0 Å². The number of halogens is 3. The molecular formula is C26H31F3N4O2. The third-order valence-electron chi connectivity index (χ3n) is 6.98. The number of nitrogens with zero attached hydrogens (tertiary/aromatic N) is 1. The molecule has 0 bridgehead atoms. The number of hydrogen-bond acceptors (Lipinski definition) is 4. The van der Waals surface area contributed by atoms with E-state index in [1.807, 2.05) is 6.07 Å². The molecule has 3 N–H and O–H groups in total. The highest BCUT2D eigenvalue weighted by Crippen LogP contribution is 2.36. The van der Waals surface area contributed by atoms with Crippen LogP contribution in [0.4, 0.5) is 18.9 Å². The minimum absolute atomic E-state index is 0.0238. The van der Waals surface area contributed by atoms with Gasteiger partial charge in [-0.2, -0.15) is 13.2 Å². The minimum atomic E-state index is -4.57. The Balaban J connectivity index is 1.19. The number of amides is 2. The van der Waals surface area contributed by atoms with Crippen LogP contribution < -0.4 is 16.0 Å². The first kappa shape index (κ1) is 25.0. The lowest BCUT2D eigenvalue weighted by Gasteiger charge is -2.46. The van der Waals surface area contributed by atoms with E-state index < -0.39 is 17.6 Å². The van der Waals surface area contributed by atoms with Gasteiger partial charge in [0.05, 0.1) is 18.2 Å². The standard InChI is InChI=1S/C26H31F3N4O2/c1-30-21-12-19(11-20(13-21)26(27,28)29)25(35)31-14-24(34)32-22-15-33(16-22)23-9-7-18(8-10-23)17-5-3-2-4-6-17/h2-6,11-13,18,22-23,30H,7-10,14-16H2,1H3,(H,31,35)(H,32,34). The number of benzene rings is 2. The van der Waals surface area contributed by atoms with Crippen molar-refractivity contribution < 1.29 is 22.8 Å². The molecule has 0 radical (unpaired) electrons. The van der Waals surface area contributed by atoms with Gasteiger partial charge in [0.25, 0.3) is 5.91 Å². The molecule has 188 valence electrons. The van der Waals surface area contributed by atoms with Gasteiger partial charge in [-0.3, -0.25) is 14.5 Å². The predicted molar refractivity (Wildman–Crippen MR) is 128 cm³/mol. The monoisotopic (exact) mass is 488 g/mol. The van der Waals surface area contributed by atoms with E-state index in [-0.39, 0.29) is 29.7 Å². The van der Waals surface area contributed by atoms with Crippen LogP contribution in [0.3, 0.4) is 0 Å². The van der Waals surface area contributed by atoms with Crippen LogP contribution in [-0.2, 0) is 11.0 Å². The van der Waals surface area contributed by atoms with E-state index in [0.29, 0.717) is 12.0 Å². The molecule has 2 aromatic rings. The van der Waals surface area contributed by atoms with Crippen LogP contribution in [0.5, 0.6) is 0 Å². The van der Waals surface area contributed by atoms with Crippen molar-refractivity contribution in [3.8, 4) is 0 Å². The first-order valence-electron chi connectivity index (χ1n) is 12.0. The topological polar surface area (TPSA) is 73.5 Å². The summed E-state index contributed by atoms with van der Waals surface area (Å²) in [6.45, 7) is 1.27. The Morgan fingerprint density at radius 2 is 1.69 bits per heavy atom. The van der Waals surface area contributed by atoms with Crippen molar-refractivity contribution in [1.82, 2.24) is 15.5 Å². The zero-order valence-corrected chi connectivity index (χ0v) is 19.7. The van der Waals surface area contributed by atoms with Gasteiger partial charge in [0.1, 0.15) is 0 Å². The average Bonchev–Trinajstić information content (AvgIpc) is 2.84. The Morgan fingerprint density at radius 3 is 2.31 bits per heavy atom. The van der Waals surface area contributed by atoms with Gasteiger partial charge < -0.3 is 16.0 Å². The van der Waals surface area contributed by atoms with Crippen molar-refractivity contribution in [2.45, 2.75) is 49.9 Å². The fourth-order valence-electron chi connectivity index (χ4n) is 5.01. The van der Waals surface area contributed by atoms with Crippen LogP contribution in [0, 0.1) is 0 Å². The van der Waals surface area contributed by atoms with Gasteiger partial charge in [-0.25, -0.2) is 0 Å². The fraction of sp³-hybridized carbons (Fsp3) is 0.462. The van der Waals surface area contributed by atoms with E-state index in [0.717, 1.165) is 38.1 Å². The second kappa shape index (κ2) is 10.7. The maximum atomic E-state index is 13.1. The van der Waals surface area contributed by atoms with Crippen molar-refractivity contribution in [2.24, 2.45) is 0 Å². The second-order valence-corrected chi connectivity index (χ2v) is 9.36. The summed E-state index contributed by atoms with van der Waals surface area (Å²) in [7, 11) is 1.47. The molecule has 0 spiro atoms. The molecule has 9 heteroatoms. The lowest BCUT2D eigenvalue weighted by molar-refractivity contribution is -0.137. The van der Waals surface area contributed by atoms with Crippen LogP contribution in [-0.4, -0.2) is 55.5 Å². The normalized spacial score (nSPS) is 21.1. The highest BCUT2D eigenvalue weighted by Gasteiger charge is 2.35. The number of nitrogens with one attached hydrogen (secondary N) is 3. The molecule has 1 aliphatic carbocycles. The Morgan fingerprint density at radius 1 is 1.00 bits per heavy atom. The largest absolute Gasteiger partial charge is 0.416 e. The first-order chi connectivity index (χ1) is 16.7. The molecule has 1 saturated carbocycles. The number of carbonyl (C=O) groups is 2. The van der Waals surface area contributed by atoms with Gasteiger partial charge in [-0.05, 0) is 55.4 Å². The Hall–Kier alpha value is -3.07. The van der Waals surface area contributed by atoms with E-state index in [2.05, 4.69) is 45.1 Å². The molecule has 4 rings (SSSR count). The maximum Gasteiger partial charge on any atom is 0.416 e. The third-order valence-corrected chi connectivity index (χ3v) is 6.98. The Kier molecular flexibility index (Phi) is 7.64. The second-order valence-electron chi connectivity index (χ2n) is 9.36. The molecule has 35 heavy (non-hydrogen) atoms. The van der Waals surface area contributed by atoms with Crippen LogP contribution in [0.15, 0.2) is 48.5 Å². The zero-order valence-electron chi connectivity index (χ0n) is 19.7. The van der Waals surface area contributed by atoms with Crippen LogP contribution in [0.2, 0.25) is 0 Å². The Labute approximate surface area is 203 Å². The molecule has 0 aromatic heterocycles. The summed E-state index contributed by atoms with van der Waals surface area (Å²) in [5, 5.41) is 7.93. The Bertz CT molecular complexity index is 1030. The maximum absolute atomic E-state index is 13.1. The van der Waals surface area contributed by atoms with Crippen LogP contribution >= 0.6 is 0 Å². The predicted octanol–water partition coefficient (Wildman–Crippen LogP) is 4.00. The summed E-state index contributed by atoms with van der Waals surface area (Å²) in [5.74, 6) is -0.460. The number of alkyl halides is 3. The molecule has 2 amide bonds. The summed E-state index contributed by atoms with van der Waals surface area (Å²) in [6, 6.07) is 14.2. The molecule has 2 aromatic carbocycles. The number of likely N-dealkylation sites (tertiary alicyclic amines) is 1. The fourth-order valence-corrected chi connectivity index (χ4v) is 5.01. The summed E-state index contributed by atoms with van der Waals surface area (Å²) in [4.78, 5) is 27.0. The number of carbonyl (C=O) groups excluding carboxylic acids is 2. The van der Waals surface area contributed by atoms with Crippen molar-refractivity contribution in [3.05, 3.63) is 65.2 Å². The van der Waals surface area contributed by atoms with Gasteiger partial charge in [0.2, 0.25) is 5.91 Å². The molecule has 2 fully saturated rings. The summed E-state index contributed by atoms with van der Waals surface area (Å²) >= 11 is 0. The number of hydrogen-bond donors (Lipinski definition) is 3. The lowest BCUT2D eigenvalue weighted by atomic mass is 9.80. The molecule has 6 nitrogen and oxygen atoms in total. The highest BCUT2D eigenvalue weighted by molar-refractivity contribution is 5.97. The van der Waals surface area contributed by atoms with Crippen molar-refractivity contribution >= 4 is 17.5 Å². The van der Waals surface area contributed by atoms with Gasteiger partial charge in [0.15, 0.2) is 0 Å². The highest BCUT2D eigenvalue weighted by atomic mass is 19.4. The molecular weight excluding hydrogens is 457 g/mol. The summed E-state index contributed by atoms with van der Waals surface area (Å²) < 4.78 is 39.3.